The second-order valence-corrected chi connectivity index (χ2v) is 5.30. The smallest absolute Gasteiger partial charge is 0.275 e. The number of aliphatic imine (C=N–C) groups is 1. The van der Waals surface area contributed by atoms with E-state index in [1.807, 2.05) is 43.3 Å². The monoisotopic (exact) mass is 296 g/mol. The number of rotatable bonds is 2. The Morgan fingerprint density at radius 3 is 2.38 bits per heavy atom. The van der Waals surface area contributed by atoms with Crippen molar-refractivity contribution in [3.05, 3.63) is 75.9 Å². The Morgan fingerprint density at radius 2 is 1.71 bits per heavy atom. The van der Waals surface area contributed by atoms with Gasteiger partial charge >= 0.3 is 0 Å². The maximum atomic E-state index is 12.0. The van der Waals surface area contributed by atoms with Crippen molar-refractivity contribution in [2.75, 3.05) is 0 Å². The molecule has 21 heavy (non-hydrogen) atoms. The van der Waals surface area contributed by atoms with Crippen molar-refractivity contribution in [2.24, 2.45) is 4.99 Å². The van der Waals surface area contributed by atoms with Gasteiger partial charge in [0.15, 0.2) is 0 Å². The van der Waals surface area contributed by atoms with Crippen molar-refractivity contribution in [1.29, 1.82) is 0 Å². The SMILES string of the molecule is Cc1ccc(/C=C2/N=C(c3ccc(Cl)cc3)NC2=O)cc1. The number of nitrogens with one attached hydrogen (secondary N) is 1. The fourth-order valence-electron chi connectivity index (χ4n) is 2.03. The number of aryl methyl sites for hydroxylation is 1. The highest BCUT2D eigenvalue weighted by atomic mass is 35.5. The molecule has 2 aromatic rings. The van der Waals surface area contributed by atoms with E-state index in [9.17, 15) is 4.79 Å². The third kappa shape index (κ3) is 3.03. The van der Waals surface area contributed by atoms with Crippen LogP contribution in [0.4, 0.5) is 0 Å². The normalized spacial score (nSPS) is 16.0. The summed E-state index contributed by atoms with van der Waals surface area (Å²) in [6, 6.07) is 15.1. The van der Waals surface area contributed by atoms with E-state index in [0.717, 1.165) is 11.1 Å². The lowest BCUT2D eigenvalue weighted by molar-refractivity contribution is -0.115. The summed E-state index contributed by atoms with van der Waals surface area (Å²) in [5.41, 5.74) is 3.37. The summed E-state index contributed by atoms with van der Waals surface area (Å²) in [6.45, 7) is 2.02. The predicted octanol–water partition coefficient (Wildman–Crippen LogP) is 3.57. The molecular formula is C17H13ClN2O. The molecule has 1 amide bonds. The van der Waals surface area contributed by atoms with Gasteiger partial charge in [0.2, 0.25) is 0 Å². The van der Waals surface area contributed by atoms with Gasteiger partial charge in [0.1, 0.15) is 11.5 Å². The number of hydrogen-bond donors (Lipinski definition) is 1. The molecule has 0 unspecified atom stereocenters. The van der Waals surface area contributed by atoms with Crippen LogP contribution in [0.2, 0.25) is 5.02 Å². The van der Waals surface area contributed by atoms with E-state index in [2.05, 4.69) is 10.3 Å². The molecule has 0 aromatic heterocycles. The lowest BCUT2D eigenvalue weighted by Gasteiger charge is -1.99. The molecule has 1 heterocycles. The standard InChI is InChI=1S/C17H13ClN2O/c1-11-2-4-12(5-3-11)10-15-17(21)20-16(19-15)13-6-8-14(18)9-7-13/h2-10H,1H3,(H,19,20,21)/b15-10+. The molecule has 3 rings (SSSR count). The summed E-state index contributed by atoms with van der Waals surface area (Å²) in [4.78, 5) is 16.3. The van der Waals surface area contributed by atoms with Crippen molar-refractivity contribution in [3.63, 3.8) is 0 Å². The highest BCUT2D eigenvalue weighted by Gasteiger charge is 2.20. The lowest BCUT2D eigenvalue weighted by atomic mass is 10.1. The fraction of sp³-hybridized carbons (Fsp3) is 0.0588. The van der Waals surface area contributed by atoms with E-state index < -0.39 is 0 Å². The molecule has 0 spiro atoms. The molecular weight excluding hydrogens is 284 g/mol. The van der Waals surface area contributed by atoms with E-state index in [-0.39, 0.29) is 5.91 Å². The molecule has 4 heteroatoms. The molecule has 104 valence electrons. The van der Waals surface area contributed by atoms with Crippen LogP contribution in [-0.2, 0) is 4.79 Å². The number of benzene rings is 2. The molecule has 1 aliphatic rings. The van der Waals surface area contributed by atoms with Gasteiger partial charge in [0.25, 0.3) is 5.91 Å². The minimum atomic E-state index is -0.194. The minimum absolute atomic E-state index is 0.194. The third-order valence-corrected chi connectivity index (χ3v) is 3.45. The second kappa shape index (κ2) is 5.54. The number of carbonyl (C=O) groups excluding carboxylic acids is 1. The van der Waals surface area contributed by atoms with E-state index in [1.54, 1.807) is 18.2 Å². The molecule has 0 saturated heterocycles. The first kappa shape index (κ1) is 13.6. The fourth-order valence-corrected chi connectivity index (χ4v) is 2.16. The topological polar surface area (TPSA) is 41.5 Å². The highest BCUT2D eigenvalue weighted by molar-refractivity contribution is 6.30. The van der Waals surface area contributed by atoms with Crippen molar-refractivity contribution in [1.82, 2.24) is 5.32 Å². The van der Waals surface area contributed by atoms with E-state index in [0.29, 0.717) is 16.6 Å². The summed E-state index contributed by atoms with van der Waals surface area (Å²) in [5, 5.41) is 3.42. The van der Waals surface area contributed by atoms with Gasteiger partial charge in [-0.1, -0.05) is 41.4 Å². The Bertz CT molecular complexity index is 743. The number of halogens is 1. The number of carbonyl (C=O) groups is 1. The lowest BCUT2D eigenvalue weighted by Crippen LogP contribution is -2.24. The number of amidine groups is 1. The predicted molar refractivity (Wildman–Crippen MR) is 85.3 cm³/mol. The first-order valence-corrected chi connectivity index (χ1v) is 6.94. The summed E-state index contributed by atoms with van der Waals surface area (Å²) >= 11 is 5.86. The van der Waals surface area contributed by atoms with Gasteiger partial charge in [-0.05, 0) is 42.8 Å². The van der Waals surface area contributed by atoms with Gasteiger partial charge in [-0.3, -0.25) is 4.79 Å². The Kier molecular flexibility index (Phi) is 3.59. The molecule has 1 N–H and O–H groups in total. The summed E-state index contributed by atoms with van der Waals surface area (Å²) in [5.74, 6) is 0.357. The number of nitrogens with zero attached hydrogens (tertiary/aromatic N) is 1. The summed E-state index contributed by atoms with van der Waals surface area (Å²) in [7, 11) is 0. The third-order valence-electron chi connectivity index (χ3n) is 3.20. The molecule has 0 saturated carbocycles. The van der Waals surface area contributed by atoms with Gasteiger partial charge in [0, 0.05) is 10.6 Å². The summed E-state index contributed by atoms with van der Waals surface area (Å²) < 4.78 is 0. The van der Waals surface area contributed by atoms with E-state index >= 15 is 0 Å². The van der Waals surface area contributed by atoms with Crippen molar-refractivity contribution in [3.8, 4) is 0 Å². The molecule has 3 nitrogen and oxygen atoms in total. The van der Waals surface area contributed by atoms with Crippen molar-refractivity contribution >= 4 is 29.4 Å². The second-order valence-electron chi connectivity index (χ2n) is 4.86. The van der Waals surface area contributed by atoms with Gasteiger partial charge < -0.3 is 5.32 Å². The Balaban J connectivity index is 1.91. The first-order valence-electron chi connectivity index (χ1n) is 6.56. The largest absolute Gasteiger partial charge is 0.305 e. The van der Waals surface area contributed by atoms with Crippen LogP contribution in [0.15, 0.2) is 59.2 Å². The van der Waals surface area contributed by atoms with E-state index in [1.165, 1.54) is 5.56 Å². The van der Waals surface area contributed by atoms with Gasteiger partial charge in [-0.2, -0.15) is 0 Å². The maximum absolute atomic E-state index is 12.0. The zero-order valence-electron chi connectivity index (χ0n) is 11.4. The van der Waals surface area contributed by atoms with Crippen LogP contribution in [0.1, 0.15) is 16.7 Å². The van der Waals surface area contributed by atoms with E-state index in [4.69, 9.17) is 11.6 Å². The van der Waals surface area contributed by atoms with Crippen LogP contribution in [0.5, 0.6) is 0 Å². The van der Waals surface area contributed by atoms with Crippen LogP contribution in [0.25, 0.3) is 6.08 Å². The Labute approximate surface area is 128 Å². The highest BCUT2D eigenvalue weighted by Crippen LogP contribution is 2.17. The van der Waals surface area contributed by atoms with Gasteiger partial charge in [-0.25, -0.2) is 4.99 Å². The Morgan fingerprint density at radius 1 is 1.05 bits per heavy atom. The summed E-state index contributed by atoms with van der Waals surface area (Å²) in [6.07, 6.45) is 1.78. The Hall–Kier alpha value is -2.39. The van der Waals surface area contributed by atoms with Crippen molar-refractivity contribution in [2.45, 2.75) is 6.92 Å². The van der Waals surface area contributed by atoms with Crippen LogP contribution < -0.4 is 5.32 Å². The minimum Gasteiger partial charge on any atom is -0.305 e. The number of amides is 1. The average Bonchev–Trinajstić information content (AvgIpc) is 2.83. The first-order chi connectivity index (χ1) is 10.1. The van der Waals surface area contributed by atoms with Gasteiger partial charge in [-0.15, -0.1) is 0 Å². The zero-order chi connectivity index (χ0) is 14.8. The number of hydrogen-bond acceptors (Lipinski definition) is 2. The average molecular weight is 297 g/mol. The molecule has 0 radical (unpaired) electrons. The van der Waals surface area contributed by atoms with Crippen molar-refractivity contribution < 1.29 is 4.79 Å². The maximum Gasteiger partial charge on any atom is 0.275 e. The molecule has 0 bridgehead atoms. The molecule has 2 aromatic carbocycles. The van der Waals surface area contributed by atoms with Crippen LogP contribution >= 0.6 is 11.6 Å². The molecule has 1 aliphatic heterocycles. The molecule has 0 atom stereocenters. The van der Waals surface area contributed by atoms with Crippen LogP contribution in [0.3, 0.4) is 0 Å². The van der Waals surface area contributed by atoms with Crippen LogP contribution in [-0.4, -0.2) is 11.7 Å². The molecule has 0 aliphatic carbocycles. The van der Waals surface area contributed by atoms with Crippen LogP contribution in [0, 0.1) is 6.92 Å². The van der Waals surface area contributed by atoms with Gasteiger partial charge in [0.05, 0.1) is 0 Å². The quantitative estimate of drug-likeness (QED) is 0.846. The zero-order valence-corrected chi connectivity index (χ0v) is 12.2. The molecule has 0 fully saturated rings.